The quantitative estimate of drug-likeness (QED) is 0.623. The second-order valence-electron chi connectivity index (χ2n) is 6.26. The molecule has 0 spiro atoms. The lowest BCUT2D eigenvalue weighted by molar-refractivity contribution is -0.141. The third-order valence-electron chi connectivity index (χ3n) is 4.40. The number of aromatic nitrogens is 2. The first kappa shape index (κ1) is 18.6. The topological polar surface area (TPSA) is 73.2 Å². The Morgan fingerprint density at radius 3 is 2.56 bits per heavy atom. The molecule has 2 aromatic carbocycles. The number of fused-ring (bicyclic) bond motifs is 1. The van der Waals surface area contributed by atoms with Crippen LogP contribution in [0.1, 0.15) is 17.8 Å². The summed E-state index contributed by atoms with van der Waals surface area (Å²) in [4.78, 5) is 28.4. The molecule has 27 heavy (non-hydrogen) atoms. The number of hydrogen-bond donors (Lipinski definition) is 1. The van der Waals surface area contributed by atoms with E-state index in [0.717, 1.165) is 22.4 Å². The highest BCUT2D eigenvalue weighted by Gasteiger charge is 2.14. The van der Waals surface area contributed by atoms with E-state index in [9.17, 15) is 9.59 Å². The summed E-state index contributed by atoms with van der Waals surface area (Å²) in [6.45, 7) is 0.576. The number of aryl methyl sites for hydroxylation is 1. The summed E-state index contributed by atoms with van der Waals surface area (Å²) in [7, 11) is 1.37. The average Bonchev–Trinajstić information content (AvgIpc) is 3.04. The Morgan fingerprint density at radius 2 is 1.78 bits per heavy atom. The first-order valence-electron chi connectivity index (χ1n) is 8.99. The second-order valence-corrected chi connectivity index (χ2v) is 6.26. The summed E-state index contributed by atoms with van der Waals surface area (Å²) in [6, 6.07) is 17.6. The van der Waals surface area contributed by atoms with Gasteiger partial charge >= 0.3 is 5.97 Å². The van der Waals surface area contributed by atoms with E-state index in [0.29, 0.717) is 25.8 Å². The Balaban J connectivity index is 1.58. The van der Waals surface area contributed by atoms with Crippen LogP contribution in [0.4, 0.5) is 0 Å². The van der Waals surface area contributed by atoms with Crippen LogP contribution in [0.3, 0.4) is 0 Å². The zero-order valence-electron chi connectivity index (χ0n) is 15.4. The normalized spacial score (nSPS) is 10.7. The van der Waals surface area contributed by atoms with E-state index in [1.807, 2.05) is 59.2 Å². The van der Waals surface area contributed by atoms with Crippen molar-refractivity contribution >= 4 is 22.9 Å². The van der Waals surface area contributed by atoms with Gasteiger partial charge in [0, 0.05) is 19.4 Å². The molecule has 0 bridgehead atoms. The van der Waals surface area contributed by atoms with Crippen LogP contribution in [-0.2, 0) is 33.7 Å². The molecule has 6 nitrogen and oxygen atoms in total. The monoisotopic (exact) mass is 365 g/mol. The Morgan fingerprint density at radius 1 is 1.04 bits per heavy atom. The molecule has 1 aromatic heterocycles. The third kappa shape index (κ3) is 4.94. The van der Waals surface area contributed by atoms with Gasteiger partial charge in [-0.3, -0.25) is 9.59 Å². The molecule has 0 saturated carbocycles. The zero-order chi connectivity index (χ0) is 19.1. The highest BCUT2D eigenvalue weighted by atomic mass is 16.5. The lowest BCUT2D eigenvalue weighted by Crippen LogP contribution is -2.27. The predicted molar refractivity (Wildman–Crippen MR) is 103 cm³/mol. The van der Waals surface area contributed by atoms with Crippen LogP contribution >= 0.6 is 0 Å². The molecular weight excluding hydrogens is 342 g/mol. The van der Waals surface area contributed by atoms with Gasteiger partial charge in [-0.2, -0.15) is 0 Å². The van der Waals surface area contributed by atoms with Crippen LogP contribution in [0.15, 0.2) is 54.6 Å². The first-order chi connectivity index (χ1) is 13.2. The molecule has 0 atom stereocenters. The van der Waals surface area contributed by atoms with Crippen molar-refractivity contribution in [3.63, 3.8) is 0 Å². The standard InChI is InChI=1S/C21H23N3O3/c1-27-21(26)15-24-18-10-6-5-9-17(18)23-19(24)13-14-22-20(25)12-11-16-7-3-2-4-8-16/h2-10H,11-15H2,1H3,(H,22,25). The van der Waals surface area contributed by atoms with E-state index in [1.54, 1.807) is 0 Å². The number of nitrogens with zero attached hydrogens (tertiary/aromatic N) is 2. The van der Waals surface area contributed by atoms with E-state index in [1.165, 1.54) is 7.11 Å². The van der Waals surface area contributed by atoms with Crippen LogP contribution < -0.4 is 5.32 Å². The van der Waals surface area contributed by atoms with Crippen LogP contribution in [0, 0.1) is 0 Å². The van der Waals surface area contributed by atoms with Crippen LogP contribution in [-0.4, -0.2) is 35.1 Å². The number of rotatable bonds is 8. The molecule has 1 amide bonds. The summed E-state index contributed by atoms with van der Waals surface area (Å²) in [5.41, 5.74) is 2.85. The minimum atomic E-state index is -0.328. The molecule has 0 aliphatic carbocycles. The molecule has 0 aliphatic heterocycles. The Kier molecular flexibility index (Phi) is 6.20. The number of hydrogen-bond acceptors (Lipinski definition) is 4. The van der Waals surface area contributed by atoms with Crippen molar-refractivity contribution in [2.45, 2.75) is 25.8 Å². The third-order valence-corrected chi connectivity index (χ3v) is 4.40. The number of imidazole rings is 1. The fraction of sp³-hybridized carbons (Fsp3) is 0.286. The number of carbonyl (C=O) groups is 2. The van der Waals surface area contributed by atoms with Crippen molar-refractivity contribution in [2.24, 2.45) is 0 Å². The van der Waals surface area contributed by atoms with Gasteiger partial charge in [-0.1, -0.05) is 42.5 Å². The number of nitrogens with one attached hydrogen (secondary N) is 1. The van der Waals surface area contributed by atoms with Gasteiger partial charge in [-0.05, 0) is 24.1 Å². The van der Waals surface area contributed by atoms with Gasteiger partial charge in [-0.15, -0.1) is 0 Å². The van der Waals surface area contributed by atoms with Crippen LogP contribution in [0.5, 0.6) is 0 Å². The van der Waals surface area contributed by atoms with Crippen LogP contribution in [0.25, 0.3) is 11.0 Å². The highest BCUT2D eigenvalue weighted by Crippen LogP contribution is 2.16. The van der Waals surface area contributed by atoms with Crippen LogP contribution in [0.2, 0.25) is 0 Å². The SMILES string of the molecule is COC(=O)Cn1c(CCNC(=O)CCc2ccccc2)nc2ccccc21. The number of para-hydroxylation sites is 2. The van der Waals surface area contributed by atoms with Crippen molar-refractivity contribution in [3.05, 3.63) is 66.0 Å². The summed E-state index contributed by atoms with van der Waals surface area (Å²) in [5.74, 6) is 0.436. The minimum absolute atomic E-state index is 0.00878. The van der Waals surface area contributed by atoms with E-state index < -0.39 is 0 Å². The van der Waals surface area contributed by atoms with Gasteiger partial charge in [0.1, 0.15) is 12.4 Å². The van der Waals surface area contributed by atoms with Gasteiger partial charge in [0.2, 0.25) is 5.91 Å². The molecule has 0 radical (unpaired) electrons. The lowest BCUT2D eigenvalue weighted by Gasteiger charge is -2.09. The fourth-order valence-corrected chi connectivity index (χ4v) is 2.99. The molecule has 0 aliphatic rings. The van der Waals surface area contributed by atoms with Gasteiger partial charge in [0.05, 0.1) is 18.1 Å². The predicted octanol–water partition coefficient (Wildman–Crippen LogP) is 2.50. The van der Waals surface area contributed by atoms with Gasteiger partial charge in [0.25, 0.3) is 0 Å². The van der Waals surface area contributed by atoms with E-state index in [4.69, 9.17) is 4.74 Å². The number of ether oxygens (including phenoxy) is 1. The average molecular weight is 365 g/mol. The Bertz CT molecular complexity index is 919. The number of benzene rings is 2. The minimum Gasteiger partial charge on any atom is -0.468 e. The highest BCUT2D eigenvalue weighted by molar-refractivity contribution is 5.79. The molecule has 3 aromatic rings. The van der Waals surface area contributed by atoms with Crippen molar-refractivity contribution in [3.8, 4) is 0 Å². The first-order valence-corrected chi connectivity index (χ1v) is 8.99. The number of methoxy groups -OCH3 is 1. The van der Waals surface area contributed by atoms with Gasteiger partial charge in [-0.25, -0.2) is 4.98 Å². The molecule has 3 rings (SSSR count). The molecule has 1 N–H and O–H groups in total. The summed E-state index contributed by atoms with van der Waals surface area (Å²) in [6.07, 6.45) is 1.71. The van der Waals surface area contributed by atoms with Gasteiger partial charge in [0.15, 0.2) is 0 Å². The maximum atomic E-state index is 12.1. The van der Waals surface area contributed by atoms with Crippen molar-refractivity contribution in [2.75, 3.05) is 13.7 Å². The molecule has 0 unspecified atom stereocenters. The smallest absolute Gasteiger partial charge is 0.325 e. The second kappa shape index (κ2) is 8.98. The van der Waals surface area contributed by atoms with Crippen molar-refractivity contribution < 1.29 is 14.3 Å². The number of carbonyl (C=O) groups excluding carboxylic acids is 2. The summed E-state index contributed by atoms with van der Waals surface area (Å²) < 4.78 is 6.63. The fourth-order valence-electron chi connectivity index (χ4n) is 2.99. The van der Waals surface area contributed by atoms with E-state index in [2.05, 4.69) is 10.3 Å². The lowest BCUT2D eigenvalue weighted by atomic mass is 10.1. The van der Waals surface area contributed by atoms with Gasteiger partial charge < -0.3 is 14.6 Å². The summed E-state index contributed by atoms with van der Waals surface area (Å²) in [5, 5.41) is 2.93. The Labute approximate surface area is 158 Å². The number of amides is 1. The number of esters is 1. The van der Waals surface area contributed by atoms with E-state index in [-0.39, 0.29) is 18.4 Å². The maximum Gasteiger partial charge on any atom is 0.325 e. The zero-order valence-corrected chi connectivity index (χ0v) is 15.4. The molecule has 6 heteroatoms. The largest absolute Gasteiger partial charge is 0.468 e. The Hall–Kier alpha value is -3.15. The molecular formula is C21H23N3O3. The summed E-state index contributed by atoms with van der Waals surface area (Å²) >= 11 is 0. The van der Waals surface area contributed by atoms with E-state index >= 15 is 0 Å². The maximum absolute atomic E-state index is 12.1. The molecule has 1 heterocycles. The van der Waals surface area contributed by atoms with Crippen molar-refractivity contribution in [1.29, 1.82) is 0 Å². The van der Waals surface area contributed by atoms with Crippen molar-refractivity contribution in [1.82, 2.24) is 14.9 Å². The molecule has 0 fully saturated rings. The molecule has 0 saturated heterocycles. The molecule has 140 valence electrons.